The molecule has 0 aromatic heterocycles. The Morgan fingerprint density at radius 3 is 2.78 bits per heavy atom. The summed E-state index contributed by atoms with van der Waals surface area (Å²) in [5.41, 5.74) is 0. The third kappa shape index (κ3) is 4.00. The quantitative estimate of drug-likeness (QED) is 0.221. The van der Waals surface area contributed by atoms with Crippen molar-refractivity contribution in [3.05, 3.63) is 10.1 Å². The molecule has 48 valence electrons. The van der Waals surface area contributed by atoms with Crippen molar-refractivity contribution in [2.75, 3.05) is 0 Å². The number of nitriles is 1. The van der Waals surface area contributed by atoms with Crippen LogP contribution in [-0.4, -0.2) is 11.2 Å². The monoisotopic (exact) mass is 131 g/mol. The number of nitrogens with one attached hydrogen (secondary N) is 1. The van der Waals surface area contributed by atoms with Crippen LogP contribution in [-0.2, 0) is 4.84 Å². The van der Waals surface area contributed by atoms with Gasteiger partial charge in [0.05, 0.1) is 0 Å². The molecule has 0 unspecified atom stereocenters. The first-order chi connectivity index (χ1) is 4.16. The van der Waals surface area contributed by atoms with E-state index in [9.17, 15) is 14.9 Å². The summed E-state index contributed by atoms with van der Waals surface area (Å²) < 4.78 is 0. The predicted octanol–water partition coefficient (Wildman–Crippen LogP) is -0.615. The van der Waals surface area contributed by atoms with Crippen molar-refractivity contribution in [2.24, 2.45) is 0 Å². The van der Waals surface area contributed by atoms with Crippen LogP contribution >= 0.6 is 0 Å². The molecular weight excluding hydrogens is 130 g/mol. The molecule has 0 saturated carbocycles. The second-order valence-corrected chi connectivity index (χ2v) is 0.839. The Balaban J connectivity index is 3.54. The zero-order valence-corrected chi connectivity index (χ0v) is 4.03. The minimum Gasteiger partial charge on any atom is -0.241 e. The normalized spacial score (nSPS) is 7.00. The zero-order chi connectivity index (χ0) is 7.28. The molecule has 0 rings (SSSR count). The minimum absolute atomic E-state index is 1.14. The molecule has 0 aliphatic heterocycles. The van der Waals surface area contributed by atoms with Gasteiger partial charge >= 0.3 is 11.2 Å². The first kappa shape index (κ1) is 7.16. The highest BCUT2D eigenvalue weighted by atomic mass is 17.0. The van der Waals surface area contributed by atoms with Crippen LogP contribution < -0.4 is 5.32 Å². The Morgan fingerprint density at radius 2 is 2.44 bits per heavy atom. The van der Waals surface area contributed by atoms with Gasteiger partial charge in [-0.1, -0.05) is 0 Å². The van der Waals surface area contributed by atoms with Crippen LogP contribution in [0.15, 0.2) is 0 Å². The topological polar surface area (TPSA) is 105 Å². The first-order valence-electron chi connectivity index (χ1n) is 1.68. The van der Waals surface area contributed by atoms with Gasteiger partial charge in [0, 0.05) is 0 Å². The molecule has 1 N–H and O–H groups in total. The highest BCUT2D eigenvalue weighted by molar-refractivity contribution is 5.67. The van der Waals surface area contributed by atoms with Gasteiger partial charge in [-0.2, -0.15) is 5.26 Å². The average Bonchev–Trinajstić information content (AvgIpc) is 1.63. The van der Waals surface area contributed by atoms with E-state index in [0.717, 1.165) is 6.19 Å². The number of carbonyl (C=O) groups is 1. The van der Waals surface area contributed by atoms with Crippen LogP contribution in [0.4, 0.5) is 4.79 Å². The van der Waals surface area contributed by atoms with Gasteiger partial charge in [-0.05, 0) is 0 Å². The molecule has 0 aliphatic rings. The molecule has 0 atom stereocenters. The second kappa shape index (κ2) is 3.20. The molecule has 9 heavy (non-hydrogen) atoms. The molecule has 7 nitrogen and oxygen atoms in total. The fraction of sp³-hybridized carbons (Fsp3) is 0. The molecule has 0 aliphatic carbocycles. The van der Waals surface area contributed by atoms with E-state index in [1.54, 1.807) is 0 Å². The van der Waals surface area contributed by atoms with E-state index in [0.29, 0.717) is 0 Å². The predicted molar refractivity (Wildman–Crippen MR) is 22.2 cm³/mol. The Bertz CT molecular complexity index is 169. The molecule has 0 aromatic rings. The molecule has 0 heterocycles. The summed E-state index contributed by atoms with van der Waals surface area (Å²) in [7, 11) is 0. The molecular formula is C2HN3O4. The third-order valence-electron chi connectivity index (χ3n) is 0.315. The minimum atomic E-state index is -1.40. The number of amides is 1. The SMILES string of the molecule is N#CNC(=O)O[N+](=O)[O-]. The van der Waals surface area contributed by atoms with E-state index in [-0.39, 0.29) is 0 Å². The van der Waals surface area contributed by atoms with Crippen LogP contribution in [0.3, 0.4) is 0 Å². The summed E-state index contributed by atoms with van der Waals surface area (Å²) in [5.74, 6) is 0. The van der Waals surface area contributed by atoms with Crippen molar-refractivity contribution in [1.29, 1.82) is 5.26 Å². The lowest BCUT2D eigenvalue weighted by molar-refractivity contribution is -0.727. The largest absolute Gasteiger partial charge is 0.409 e. The fourth-order valence-corrected chi connectivity index (χ4v) is 0.136. The van der Waals surface area contributed by atoms with E-state index in [2.05, 4.69) is 4.84 Å². The van der Waals surface area contributed by atoms with Crippen molar-refractivity contribution < 1.29 is 14.7 Å². The molecule has 0 spiro atoms. The van der Waals surface area contributed by atoms with Crippen molar-refractivity contribution in [2.45, 2.75) is 0 Å². The van der Waals surface area contributed by atoms with E-state index < -0.39 is 11.2 Å². The zero-order valence-electron chi connectivity index (χ0n) is 4.03. The van der Waals surface area contributed by atoms with Gasteiger partial charge in [-0.3, -0.25) is 0 Å². The van der Waals surface area contributed by atoms with Crippen LogP contribution in [0.25, 0.3) is 0 Å². The van der Waals surface area contributed by atoms with Gasteiger partial charge in [0.15, 0.2) is 6.19 Å². The summed E-state index contributed by atoms with van der Waals surface area (Å²) >= 11 is 0. The summed E-state index contributed by atoms with van der Waals surface area (Å²) in [4.78, 5) is 22.4. The van der Waals surface area contributed by atoms with Crippen molar-refractivity contribution in [3.63, 3.8) is 0 Å². The van der Waals surface area contributed by atoms with E-state index in [1.165, 1.54) is 5.32 Å². The second-order valence-electron chi connectivity index (χ2n) is 0.839. The van der Waals surface area contributed by atoms with Crippen molar-refractivity contribution in [1.82, 2.24) is 5.32 Å². The molecule has 7 heteroatoms. The number of rotatable bonds is 1. The smallest absolute Gasteiger partial charge is 0.241 e. The summed E-state index contributed by atoms with van der Waals surface area (Å²) in [6, 6.07) is 0. The van der Waals surface area contributed by atoms with Gasteiger partial charge < -0.3 is 0 Å². The molecule has 0 aromatic carbocycles. The summed E-state index contributed by atoms with van der Waals surface area (Å²) in [6.07, 6.45) is -0.257. The molecule has 0 radical (unpaired) electrons. The van der Waals surface area contributed by atoms with E-state index in [4.69, 9.17) is 5.26 Å². The third-order valence-corrected chi connectivity index (χ3v) is 0.315. The van der Waals surface area contributed by atoms with Crippen LogP contribution in [0.2, 0.25) is 0 Å². The van der Waals surface area contributed by atoms with Crippen molar-refractivity contribution >= 4 is 6.09 Å². The lowest BCUT2D eigenvalue weighted by Crippen LogP contribution is -2.21. The van der Waals surface area contributed by atoms with Crippen LogP contribution in [0.1, 0.15) is 0 Å². The van der Waals surface area contributed by atoms with Gasteiger partial charge in [0.25, 0.3) is 0 Å². The maximum Gasteiger partial charge on any atom is 0.409 e. The van der Waals surface area contributed by atoms with E-state index in [1.807, 2.05) is 0 Å². The Kier molecular flexibility index (Phi) is 2.55. The lowest BCUT2D eigenvalue weighted by atomic mass is 11.1. The van der Waals surface area contributed by atoms with Crippen molar-refractivity contribution in [3.8, 4) is 6.19 Å². The molecule has 1 amide bonds. The van der Waals surface area contributed by atoms with Gasteiger partial charge in [0.2, 0.25) is 0 Å². The Labute approximate surface area is 48.9 Å². The number of hydrogen-bond donors (Lipinski definition) is 1. The maximum atomic E-state index is 9.86. The number of carbonyl (C=O) groups excluding carboxylic acids is 1. The maximum absolute atomic E-state index is 9.86. The van der Waals surface area contributed by atoms with Crippen LogP contribution in [0, 0.1) is 21.6 Å². The lowest BCUT2D eigenvalue weighted by Gasteiger charge is -1.88. The first-order valence-corrected chi connectivity index (χ1v) is 1.68. The highest BCUT2D eigenvalue weighted by Crippen LogP contribution is 1.73. The number of hydrogen-bond acceptors (Lipinski definition) is 5. The molecule has 0 fully saturated rings. The standard InChI is InChI=1S/C2HN3O4/c3-1-4-2(6)9-5(7)8/h(H,4,6). The van der Waals surface area contributed by atoms with E-state index >= 15 is 0 Å². The Hall–Kier alpha value is -1.84. The average molecular weight is 131 g/mol. The van der Waals surface area contributed by atoms with Crippen LogP contribution in [0.5, 0.6) is 0 Å². The van der Waals surface area contributed by atoms with Gasteiger partial charge in [0.1, 0.15) is 0 Å². The Morgan fingerprint density at radius 1 is 1.89 bits per heavy atom. The van der Waals surface area contributed by atoms with Gasteiger partial charge in [-0.25, -0.2) is 14.9 Å². The van der Waals surface area contributed by atoms with Gasteiger partial charge in [-0.15, -0.1) is 10.1 Å². The highest BCUT2D eigenvalue weighted by Gasteiger charge is 2.03. The molecule has 0 bridgehead atoms. The summed E-state index contributed by atoms with van der Waals surface area (Å²) in [6.45, 7) is 0. The number of nitrogens with zero attached hydrogens (tertiary/aromatic N) is 2. The fourth-order valence-electron chi connectivity index (χ4n) is 0.136. The summed E-state index contributed by atoms with van der Waals surface area (Å²) in [5, 5.41) is 17.0. The molecule has 0 saturated heterocycles.